The van der Waals surface area contributed by atoms with Gasteiger partial charge in [-0.05, 0) is 48.6 Å². The number of imidazole rings is 1. The fourth-order valence-electron chi connectivity index (χ4n) is 3.41. The van der Waals surface area contributed by atoms with Crippen LogP contribution in [0.3, 0.4) is 0 Å². The Hall–Kier alpha value is -2.86. The van der Waals surface area contributed by atoms with E-state index in [0.29, 0.717) is 19.1 Å². The average molecular weight is 410 g/mol. The monoisotopic (exact) mass is 409 g/mol. The van der Waals surface area contributed by atoms with Gasteiger partial charge in [0.2, 0.25) is 5.91 Å². The lowest BCUT2D eigenvalue weighted by Gasteiger charge is -2.12. The molecule has 0 bridgehead atoms. The van der Waals surface area contributed by atoms with E-state index in [-0.39, 0.29) is 12.5 Å². The molecule has 0 fully saturated rings. The number of amides is 1. The van der Waals surface area contributed by atoms with Crippen molar-refractivity contribution in [3.05, 3.63) is 59.9 Å². The summed E-state index contributed by atoms with van der Waals surface area (Å²) in [5.74, 6) is 2.14. The van der Waals surface area contributed by atoms with Gasteiger partial charge in [-0.3, -0.25) is 4.79 Å². The minimum absolute atomic E-state index is 0.0455. The summed E-state index contributed by atoms with van der Waals surface area (Å²) in [5.41, 5.74) is 3.33. The lowest BCUT2D eigenvalue weighted by atomic mass is 9.99. The number of benzene rings is 2. The van der Waals surface area contributed by atoms with E-state index in [1.54, 1.807) is 0 Å². The fourth-order valence-corrected chi connectivity index (χ4v) is 3.41. The topological polar surface area (TPSA) is 65.4 Å². The van der Waals surface area contributed by atoms with E-state index in [0.717, 1.165) is 42.0 Å². The van der Waals surface area contributed by atoms with Gasteiger partial charge in [0.15, 0.2) is 0 Å². The fraction of sp³-hybridized carbons (Fsp3) is 0.417. The Morgan fingerprint density at radius 3 is 2.67 bits per heavy atom. The second-order valence-electron chi connectivity index (χ2n) is 7.46. The highest BCUT2D eigenvalue weighted by Crippen LogP contribution is 2.22. The Balaban J connectivity index is 1.59. The first-order valence-corrected chi connectivity index (χ1v) is 10.5. The van der Waals surface area contributed by atoms with Crippen molar-refractivity contribution < 1.29 is 14.3 Å². The van der Waals surface area contributed by atoms with Gasteiger partial charge in [-0.25, -0.2) is 4.98 Å². The molecular formula is C24H31N3O3. The average Bonchev–Trinajstić information content (AvgIpc) is 3.13. The molecule has 6 heteroatoms. The van der Waals surface area contributed by atoms with Gasteiger partial charge >= 0.3 is 0 Å². The van der Waals surface area contributed by atoms with Crippen LogP contribution >= 0.6 is 0 Å². The first kappa shape index (κ1) is 21.8. The van der Waals surface area contributed by atoms with Crippen LogP contribution in [0.1, 0.15) is 44.0 Å². The van der Waals surface area contributed by atoms with Crippen LogP contribution in [0.2, 0.25) is 0 Å². The number of hydrogen-bond acceptors (Lipinski definition) is 4. The van der Waals surface area contributed by atoms with Crippen LogP contribution in [0.5, 0.6) is 5.75 Å². The summed E-state index contributed by atoms with van der Waals surface area (Å²) in [6.45, 7) is 6.23. The number of aromatic nitrogens is 2. The van der Waals surface area contributed by atoms with Crippen LogP contribution in [0.15, 0.2) is 48.5 Å². The van der Waals surface area contributed by atoms with E-state index < -0.39 is 0 Å². The quantitative estimate of drug-likeness (QED) is 0.480. The van der Waals surface area contributed by atoms with E-state index in [2.05, 4.69) is 46.9 Å². The third kappa shape index (κ3) is 5.60. The van der Waals surface area contributed by atoms with Crippen molar-refractivity contribution in [2.45, 2.75) is 45.7 Å². The Labute approximate surface area is 178 Å². The molecule has 1 heterocycles. The normalized spacial score (nSPS) is 12.1. The second-order valence-corrected chi connectivity index (χ2v) is 7.46. The van der Waals surface area contributed by atoms with E-state index in [1.807, 2.05) is 30.3 Å². The van der Waals surface area contributed by atoms with Crippen LogP contribution in [0.4, 0.5) is 0 Å². The minimum atomic E-state index is -0.153. The predicted molar refractivity (Wildman–Crippen MR) is 119 cm³/mol. The number of methoxy groups -OCH3 is 1. The number of hydrogen-bond donors (Lipinski definition) is 1. The number of rotatable bonds is 11. The number of aryl methyl sites for hydroxylation is 1. The van der Waals surface area contributed by atoms with Crippen molar-refractivity contribution in [3.63, 3.8) is 0 Å². The smallest absolute Gasteiger partial charge is 0.246 e. The maximum Gasteiger partial charge on any atom is 0.246 e. The Bertz CT molecular complexity index is 950. The molecule has 0 aliphatic heterocycles. The van der Waals surface area contributed by atoms with Crippen molar-refractivity contribution in [3.8, 4) is 5.75 Å². The van der Waals surface area contributed by atoms with E-state index in [1.165, 1.54) is 12.7 Å². The molecule has 2 aromatic carbocycles. The number of para-hydroxylation sites is 2. The summed E-state index contributed by atoms with van der Waals surface area (Å²) in [6, 6.07) is 16.4. The SMILES string of the molecule is CCC(C)c1ccc(OCCCn2c(CNC(=O)COC)nc3ccccc32)cc1. The summed E-state index contributed by atoms with van der Waals surface area (Å²) >= 11 is 0. The number of nitrogens with one attached hydrogen (secondary N) is 1. The molecule has 1 unspecified atom stereocenters. The molecule has 3 aromatic rings. The molecule has 0 aliphatic rings. The summed E-state index contributed by atoms with van der Waals surface area (Å²) in [4.78, 5) is 16.4. The highest BCUT2D eigenvalue weighted by atomic mass is 16.5. The lowest BCUT2D eigenvalue weighted by molar-refractivity contribution is -0.124. The summed E-state index contributed by atoms with van der Waals surface area (Å²) in [5, 5.41) is 2.86. The van der Waals surface area contributed by atoms with Gasteiger partial charge in [-0.2, -0.15) is 0 Å². The van der Waals surface area contributed by atoms with Gasteiger partial charge in [-0.1, -0.05) is 38.1 Å². The predicted octanol–water partition coefficient (Wildman–Crippen LogP) is 4.28. The molecule has 1 atom stereocenters. The third-order valence-electron chi connectivity index (χ3n) is 5.31. The Morgan fingerprint density at radius 2 is 1.93 bits per heavy atom. The largest absolute Gasteiger partial charge is 0.494 e. The second kappa shape index (κ2) is 10.8. The Morgan fingerprint density at radius 1 is 1.17 bits per heavy atom. The zero-order chi connectivity index (χ0) is 21.3. The van der Waals surface area contributed by atoms with Crippen molar-refractivity contribution >= 4 is 16.9 Å². The molecule has 30 heavy (non-hydrogen) atoms. The maximum absolute atomic E-state index is 11.8. The van der Waals surface area contributed by atoms with E-state index in [9.17, 15) is 4.79 Å². The molecule has 0 spiro atoms. The van der Waals surface area contributed by atoms with Crippen molar-refractivity contribution in [1.82, 2.24) is 14.9 Å². The molecule has 6 nitrogen and oxygen atoms in total. The van der Waals surface area contributed by atoms with Gasteiger partial charge in [0, 0.05) is 13.7 Å². The van der Waals surface area contributed by atoms with Crippen LogP contribution in [0.25, 0.3) is 11.0 Å². The van der Waals surface area contributed by atoms with Gasteiger partial charge in [0.05, 0.1) is 24.2 Å². The number of ether oxygens (including phenoxy) is 2. The molecule has 0 saturated heterocycles. The number of nitrogens with zero attached hydrogens (tertiary/aromatic N) is 2. The van der Waals surface area contributed by atoms with E-state index in [4.69, 9.17) is 9.47 Å². The first-order valence-electron chi connectivity index (χ1n) is 10.5. The molecule has 0 aliphatic carbocycles. The van der Waals surface area contributed by atoms with E-state index >= 15 is 0 Å². The molecule has 1 N–H and O–H groups in total. The lowest BCUT2D eigenvalue weighted by Crippen LogP contribution is -2.28. The van der Waals surface area contributed by atoms with Crippen molar-refractivity contribution in [2.24, 2.45) is 0 Å². The zero-order valence-corrected chi connectivity index (χ0v) is 18.1. The molecular weight excluding hydrogens is 378 g/mol. The van der Waals surface area contributed by atoms with Crippen LogP contribution in [-0.4, -0.2) is 35.8 Å². The number of fused-ring (bicyclic) bond motifs is 1. The van der Waals surface area contributed by atoms with Crippen LogP contribution < -0.4 is 10.1 Å². The molecule has 1 amide bonds. The summed E-state index contributed by atoms with van der Waals surface area (Å²) < 4.78 is 13.0. The maximum atomic E-state index is 11.8. The molecule has 0 radical (unpaired) electrons. The molecule has 160 valence electrons. The van der Waals surface area contributed by atoms with Crippen molar-refractivity contribution in [2.75, 3.05) is 20.3 Å². The van der Waals surface area contributed by atoms with Gasteiger partial charge in [0.1, 0.15) is 18.2 Å². The number of carbonyl (C=O) groups is 1. The standard InChI is InChI=1S/C24H31N3O3/c1-4-18(2)19-10-12-20(13-11-19)30-15-7-14-27-22-9-6-5-8-21(22)26-23(27)16-25-24(28)17-29-3/h5-6,8-13,18H,4,7,14-17H2,1-3H3,(H,25,28). The third-order valence-corrected chi connectivity index (χ3v) is 5.31. The van der Waals surface area contributed by atoms with Crippen molar-refractivity contribution in [1.29, 1.82) is 0 Å². The highest BCUT2D eigenvalue weighted by molar-refractivity contribution is 5.78. The summed E-state index contributed by atoms with van der Waals surface area (Å²) in [7, 11) is 1.51. The van der Waals surface area contributed by atoms with Gasteiger partial charge in [0.25, 0.3) is 0 Å². The number of carbonyl (C=O) groups excluding carboxylic acids is 1. The zero-order valence-electron chi connectivity index (χ0n) is 18.1. The minimum Gasteiger partial charge on any atom is -0.494 e. The molecule has 0 saturated carbocycles. The van der Waals surface area contributed by atoms with Gasteiger partial charge < -0.3 is 19.4 Å². The highest BCUT2D eigenvalue weighted by Gasteiger charge is 2.11. The Kier molecular flexibility index (Phi) is 7.85. The van der Waals surface area contributed by atoms with Crippen LogP contribution in [0, 0.1) is 0 Å². The van der Waals surface area contributed by atoms with Gasteiger partial charge in [-0.15, -0.1) is 0 Å². The summed E-state index contributed by atoms with van der Waals surface area (Å²) in [6.07, 6.45) is 1.97. The molecule has 1 aromatic heterocycles. The van der Waals surface area contributed by atoms with Crippen LogP contribution in [-0.2, 0) is 22.6 Å². The first-order chi connectivity index (χ1) is 14.6. The molecule has 3 rings (SSSR count).